The third kappa shape index (κ3) is 2.79. The molecule has 0 bridgehead atoms. The second-order valence-corrected chi connectivity index (χ2v) is 4.24. The zero-order chi connectivity index (χ0) is 13.0. The van der Waals surface area contributed by atoms with E-state index in [0.29, 0.717) is 0 Å². The molecule has 2 heterocycles. The molecule has 5 heteroatoms. The van der Waals surface area contributed by atoms with Gasteiger partial charge >= 0.3 is 0 Å². The van der Waals surface area contributed by atoms with Gasteiger partial charge in [-0.25, -0.2) is 4.98 Å². The van der Waals surface area contributed by atoms with Crippen molar-refractivity contribution in [2.24, 2.45) is 7.05 Å². The van der Waals surface area contributed by atoms with Crippen LogP contribution in [0.25, 0.3) is 11.3 Å². The number of likely N-dealkylation sites (N-methyl/N-ethyl adjacent to an activating group) is 1. The highest BCUT2D eigenvalue weighted by Crippen LogP contribution is 2.24. The summed E-state index contributed by atoms with van der Waals surface area (Å²) in [5.74, 6) is 1.59. The summed E-state index contributed by atoms with van der Waals surface area (Å²) < 4.78 is 7.58. The standard InChI is InChI=1S/C13H20N4O/c1-4-11-10(9-17(3)16-11)12-8-15-13(18-12)6-7-14-5-2/h8-9,14H,4-7H2,1-3H3. The van der Waals surface area contributed by atoms with Gasteiger partial charge in [-0.15, -0.1) is 0 Å². The van der Waals surface area contributed by atoms with Crippen molar-refractivity contribution >= 4 is 0 Å². The van der Waals surface area contributed by atoms with E-state index in [1.54, 1.807) is 6.20 Å². The lowest BCUT2D eigenvalue weighted by atomic mass is 10.2. The molecule has 2 aromatic rings. The van der Waals surface area contributed by atoms with Crippen LogP contribution in [0.2, 0.25) is 0 Å². The number of hydrogen-bond donors (Lipinski definition) is 1. The highest BCUT2D eigenvalue weighted by atomic mass is 16.4. The smallest absolute Gasteiger partial charge is 0.196 e. The minimum Gasteiger partial charge on any atom is -0.441 e. The molecule has 0 aliphatic heterocycles. The number of aryl methyl sites for hydroxylation is 2. The molecule has 0 fully saturated rings. The van der Waals surface area contributed by atoms with Crippen LogP contribution >= 0.6 is 0 Å². The Morgan fingerprint density at radius 1 is 1.39 bits per heavy atom. The summed E-state index contributed by atoms with van der Waals surface area (Å²) in [6.45, 7) is 6.04. The Labute approximate surface area is 107 Å². The van der Waals surface area contributed by atoms with Gasteiger partial charge in [0.15, 0.2) is 11.7 Å². The van der Waals surface area contributed by atoms with Crippen molar-refractivity contribution in [1.82, 2.24) is 20.1 Å². The SMILES string of the molecule is CCNCCc1ncc(-c2cn(C)nc2CC)o1. The van der Waals surface area contributed by atoms with E-state index in [-0.39, 0.29) is 0 Å². The van der Waals surface area contributed by atoms with Crippen molar-refractivity contribution in [2.75, 3.05) is 13.1 Å². The first-order chi connectivity index (χ1) is 8.74. The fourth-order valence-corrected chi connectivity index (χ4v) is 1.92. The summed E-state index contributed by atoms with van der Waals surface area (Å²) in [5.41, 5.74) is 2.09. The molecule has 0 aliphatic carbocycles. The van der Waals surface area contributed by atoms with Crippen LogP contribution in [0, 0.1) is 0 Å². The lowest BCUT2D eigenvalue weighted by Gasteiger charge is -1.97. The lowest BCUT2D eigenvalue weighted by molar-refractivity contribution is 0.497. The molecule has 0 saturated carbocycles. The molecular formula is C13H20N4O. The van der Waals surface area contributed by atoms with Crippen LogP contribution < -0.4 is 5.32 Å². The third-order valence-electron chi connectivity index (χ3n) is 2.82. The number of aromatic nitrogens is 3. The average Bonchev–Trinajstić information content (AvgIpc) is 2.95. The molecule has 0 aromatic carbocycles. The largest absolute Gasteiger partial charge is 0.441 e. The number of oxazole rings is 1. The average molecular weight is 248 g/mol. The Morgan fingerprint density at radius 2 is 2.22 bits per heavy atom. The first kappa shape index (κ1) is 12.8. The molecule has 0 saturated heterocycles. The van der Waals surface area contributed by atoms with Gasteiger partial charge in [0.05, 0.1) is 17.5 Å². The molecule has 0 spiro atoms. The molecule has 0 unspecified atom stereocenters. The summed E-state index contributed by atoms with van der Waals surface area (Å²) in [6, 6.07) is 0. The molecule has 18 heavy (non-hydrogen) atoms. The predicted molar refractivity (Wildman–Crippen MR) is 70.3 cm³/mol. The van der Waals surface area contributed by atoms with E-state index in [0.717, 1.165) is 48.8 Å². The third-order valence-corrected chi connectivity index (χ3v) is 2.82. The fourth-order valence-electron chi connectivity index (χ4n) is 1.92. The maximum absolute atomic E-state index is 5.77. The number of nitrogens with zero attached hydrogens (tertiary/aromatic N) is 3. The van der Waals surface area contributed by atoms with E-state index >= 15 is 0 Å². The Bertz CT molecular complexity index is 501. The van der Waals surface area contributed by atoms with Crippen molar-refractivity contribution in [1.29, 1.82) is 0 Å². The lowest BCUT2D eigenvalue weighted by Crippen LogP contribution is -2.16. The van der Waals surface area contributed by atoms with Crippen LogP contribution in [-0.4, -0.2) is 27.9 Å². The molecule has 5 nitrogen and oxygen atoms in total. The first-order valence-electron chi connectivity index (χ1n) is 6.42. The minimum atomic E-state index is 0.775. The van der Waals surface area contributed by atoms with Gasteiger partial charge in [-0.05, 0) is 13.0 Å². The number of nitrogens with one attached hydrogen (secondary N) is 1. The molecular weight excluding hydrogens is 228 g/mol. The quantitative estimate of drug-likeness (QED) is 0.792. The van der Waals surface area contributed by atoms with Crippen molar-refractivity contribution < 1.29 is 4.42 Å². The molecule has 2 aromatic heterocycles. The monoisotopic (exact) mass is 248 g/mol. The minimum absolute atomic E-state index is 0.775. The second-order valence-electron chi connectivity index (χ2n) is 4.24. The highest BCUT2D eigenvalue weighted by Gasteiger charge is 2.13. The Hall–Kier alpha value is -1.62. The topological polar surface area (TPSA) is 55.9 Å². The van der Waals surface area contributed by atoms with Crippen LogP contribution in [-0.2, 0) is 19.9 Å². The normalized spacial score (nSPS) is 11.1. The second kappa shape index (κ2) is 5.82. The van der Waals surface area contributed by atoms with E-state index < -0.39 is 0 Å². The fraction of sp³-hybridized carbons (Fsp3) is 0.538. The van der Waals surface area contributed by atoms with E-state index in [2.05, 4.69) is 29.2 Å². The Balaban J connectivity index is 2.13. The van der Waals surface area contributed by atoms with Crippen LogP contribution in [0.1, 0.15) is 25.4 Å². The van der Waals surface area contributed by atoms with Crippen molar-refractivity contribution in [3.05, 3.63) is 24.0 Å². The summed E-state index contributed by atoms with van der Waals surface area (Å²) >= 11 is 0. The van der Waals surface area contributed by atoms with Crippen LogP contribution in [0.15, 0.2) is 16.8 Å². The first-order valence-corrected chi connectivity index (χ1v) is 6.42. The highest BCUT2D eigenvalue weighted by molar-refractivity contribution is 5.58. The van der Waals surface area contributed by atoms with E-state index in [1.165, 1.54) is 0 Å². The number of hydrogen-bond acceptors (Lipinski definition) is 4. The summed E-state index contributed by atoms with van der Waals surface area (Å²) in [4.78, 5) is 4.31. The molecule has 0 radical (unpaired) electrons. The van der Waals surface area contributed by atoms with Crippen molar-refractivity contribution in [3.63, 3.8) is 0 Å². The van der Waals surface area contributed by atoms with Crippen LogP contribution in [0.5, 0.6) is 0 Å². The predicted octanol–water partition coefficient (Wildman–Crippen LogP) is 1.79. The molecule has 1 N–H and O–H groups in total. The van der Waals surface area contributed by atoms with Crippen molar-refractivity contribution in [3.8, 4) is 11.3 Å². The Kier molecular flexibility index (Phi) is 4.15. The van der Waals surface area contributed by atoms with Gasteiger partial charge in [0.1, 0.15) is 0 Å². The summed E-state index contributed by atoms with van der Waals surface area (Å²) in [7, 11) is 1.92. The summed E-state index contributed by atoms with van der Waals surface area (Å²) in [6.07, 6.45) is 5.48. The van der Waals surface area contributed by atoms with E-state index in [9.17, 15) is 0 Å². The van der Waals surface area contributed by atoms with Gasteiger partial charge < -0.3 is 9.73 Å². The van der Waals surface area contributed by atoms with Crippen molar-refractivity contribution in [2.45, 2.75) is 26.7 Å². The molecule has 0 atom stereocenters. The number of rotatable bonds is 6. The van der Waals surface area contributed by atoms with Gasteiger partial charge in [0, 0.05) is 26.2 Å². The molecule has 0 amide bonds. The summed E-state index contributed by atoms with van der Waals surface area (Å²) in [5, 5.41) is 7.66. The van der Waals surface area contributed by atoms with E-state index in [4.69, 9.17) is 4.42 Å². The Morgan fingerprint density at radius 3 is 2.94 bits per heavy atom. The van der Waals surface area contributed by atoms with E-state index in [1.807, 2.05) is 17.9 Å². The van der Waals surface area contributed by atoms with Crippen LogP contribution in [0.4, 0.5) is 0 Å². The zero-order valence-corrected chi connectivity index (χ0v) is 11.2. The van der Waals surface area contributed by atoms with Gasteiger partial charge in [0.25, 0.3) is 0 Å². The molecule has 98 valence electrons. The van der Waals surface area contributed by atoms with Gasteiger partial charge in [-0.2, -0.15) is 5.10 Å². The van der Waals surface area contributed by atoms with Gasteiger partial charge in [-0.3, -0.25) is 4.68 Å². The zero-order valence-electron chi connectivity index (χ0n) is 11.2. The molecule has 2 rings (SSSR count). The maximum atomic E-state index is 5.77. The molecule has 0 aliphatic rings. The van der Waals surface area contributed by atoms with Crippen LogP contribution in [0.3, 0.4) is 0 Å². The van der Waals surface area contributed by atoms with Gasteiger partial charge in [-0.1, -0.05) is 13.8 Å². The maximum Gasteiger partial charge on any atom is 0.196 e. The van der Waals surface area contributed by atoms with Gasteiger partial charge in [0.2, 0.25) is 0 Å².